The molecule has 2 aromatic carbocycles. The molecular formula is C26H36ClN3O2S. The van der Waals surface area contributed by atoms with Crippen molar-refractivity contribution in [1.82, 2.24) is 9.80 Å². The van der Waals surface area contributed by atoms with Crippen LogP contribution in [0.5, 0.6) is 0 Å². The van der Waals surface area contributed by atoms with Gasteiger partial charge in [-0.3, -0.25) is 4.90 Å². The van der Waals surface area contributed by atoms with Gasteiger partial charge in [-0.1, -0.05) is 60.8 Å². The third kappa shape index (κ3) is 7.52. The van der Waals surface area contributed by atoms with Gasteiger partial charge in [0.05, 0.1) is 5.25 Å². The summed E-state index contributed by atoms with van der Waals surface area (Å²) in [6, 6.07) is 16.8. The zero-order valence-electron chi connectivity index (χ0n) is 19.3. The molecule has 1 aliphatic heterocycles. The summed E-state index contributed by atoms with van der Waals surface area (Å²) in [5.74, 6) is 0.320. The smallest absolute Gasteiger partial charge is 0.212 e. The molecule has 0 amide bonds. The lowest BCUT2D eigenvalue weighted by molar-refractivity contribution is 0.125. The van der Waals surface area contributed by atoms with Crippen LogP contribution in [0.4, 0.5) is 0 Å². The molecule has 0 aromatic heterocycles. The van der Waals surface area contributed by atoms with Crippen LogP contribution in [0.2, 0.25) is 5.02 Å². The van der Waals surface area contributed by atoms with Crippen molar-refractivity contribution in [2.24, 2.45) is 11.1 Å². The van der Waals surface area contributed by atoms with Crippen LogP contribution >= 0.6 is 11.6 Å². The molecule has 4 rings (SSSR count). The van der Waals surface area contributed by atoms with E-state index in [1.54, 1.807) is 0 Å². The Morgan fingerprint density at radius 3 is 2.24 bits per heavy atom. The number of halogens is 1. The molecule has 0 bridgehead atoms. The second kappa shape index (κ2) is 11.3. The SMILES string of the molecule is NS(=O)(=O)C(CCCCCN1CCN(Cc2ccc(-c3cccc(Cl)c3)cc2)CC1)C1CC1. The molecule has 1 saturated heterocycles. The van der Waals surface area contributed by atoms with Crippen molar-refractivity contribution in [3.63, 3.8) is 0 Å². The predicted octanol–water partition coefficient (Wildman–Crippen LogP) is 4.75. The summed E-state index contributed by atoms with van der Waals surface area (Å²) < 4.78 is 23.5. The van der Waals surface area contributed by atoms with Crippen molar-refractivity contribution >= 4 is 21.6 Å². The molecule has 180 valence electrons. The van der Waals surface area contributed by atoms with Crippen LogP contribution in [0.15, 0.2) is 48.5 Å². The molecule has 0 spiro atoms. The topological polar surface area (TPSA) is 66.6 Å². The maximum absolute atomic E-state index is 11.7. The molecule has 33 heavy (non-hydrogen) atoms. The number of unbranched alkanes of at least 4 members (excludes halogenated alkanes) is 2. The summed E-state index contributed by atoms with van der Waals surface area (Å²) in [7, 11) is -3.38. The normalized spacial score (nSPS) is 19.0. The number of nitrogens with zero attached hydrogens (tertiary/aromatic N) is 2. The fourth-order valence-corrected chi connectivity index (χ4v) is 6.39. The van der Waals surface area contributed by atoms with E-state index >= 15 is 0 Å². The molecule has 2 N–H and O–H groups in total. The minimum absolute atomic E-state index is 0.305. The average molecular weight is 490 g/mol. The third-order valence-electron chi connectivity index (χ3n) is 7.02. The zero-order chi connectivity index (χ0) is 23.3. The molecule has 2 aliphatic rings. The Hall–Kier alpha value is -1.44. The molecule has 1 atom stereocenters. The van der Waals surface area contributed by atoms with Crippen LogP contribution in [-0.2, 0) is 16.6 Å². The fraction of sp³-hybridized carbons (Fsp3) is 0.538. The highest BCUT2D eigenvalue weighted by molar-refractivity contribution is 7.89. The summed E-state index contributed by atoms with van der Waals surface area (Å²) in [6.07, 6.45) is 5.95. The first kappa shape index (κ1) is 24.7. The highest BCUT2D eigenvalue weighted by Gasteiger charge is 2.37. The van der Waals surface area contributed by atoms with E-state index in [4.69, 9.17) is 16.7 Å². The van der Waals surface area contributed by atoms with Gasteiger partial charge in [0.25, 0.3) is 0 Å². The molecule has 0 radical (unpaired) electrons. The van der Waals surface area contributed by atoms with Gasteiger partial charge in [0.2, 0.25) is 10.0 Å². The second-order valence-electron chi connectivity index (χ2n) is 9.64. The molecule has 1 heterocycles. The number of hydrogen-bond donors (Lipinski definition) is 1. The Morgan fingerprint density at radius 1 is 0.909 bits per heavy atom. The minimum atomic E-state index is -3.38. The van der Waals surface area contributed by atoms with Gasteiger partial charge in [-0.25, -0.2) is 13.6 Å². The molecule has 2 fully saturated rings. The van der Waals surface area contributed by atoms with Crippen molar-refractivity contribution in [1.29, 1.82) is 0 Å². The van der Waals surface area contributed by atoms with Gasteiger partial charge in [-0.15, -0.1) is 0 Å². The van der Waals surface area contributed by atoms with E-state index in [0.717, 1.165) is 88.4 Å². The van der Waals surface area contributed by atoms with E-state index < -0.39 is 10.0 Å². The van der Waals surface area contributed by atoms with Crippen LogP contribution in [0.3, 0.4) is 0 Å². The van der Waals surface area contributed by atoms with Gasteiger partial charge < -0.3 is 4.90 Å². The first-order valence-electron chi connectivity index (χ1n) is 12.2. The Morgan fingerprint density at radius 2 is 1.61 bits per heavy atom. The van der Waals surface area contributed by atoms with E-state index in [9.17, 15) is 8.42 Å². The number of benzene rings is 2. The standard InChI is InChI=1S/C26H36ClN3O2S/c27-25-6-4-5-24(19-25)22-10-8-21(9-11-22)20-30-17-15-29(16-18-30)14-3-1-2-7-26(23-12-13-23)33(28,31)32/h4-6,8-11,19,23,26H,1-3,7,12-18,20H2,(H2,28,31,32). The van der Waals surface area contributed by atoms with Gasteiger partial charge in [0.1, 0.15) is 0 Å². The van der Waals surface area contributed by atoms with E-state index in [0.29, 0.717) is 5.92 Å². The van der Waals surface area contributed by atoms with Crippen LogP contribution in [-0.4, -0.2) is 56.2 Å². The number of hydrogen-bond acceptors (Lipinski definition) is 4. The molecule has 1 aliphatic carbocycles. The Labute approximate surface area is 204 Å². The van der Waals surface area contributed by atoms with E-state index in [-0.39, 0.29) is 5.25 Å². The van der Waals surface area contributed by atoms with Gasteiger partial charge in [0.15, 0.2) is 0 Å². The van der Waals surface area contributed by atoms with Crippen molar-refractivity contribution in [3.05, 3.63) is 59.1 Å². The lowest BCUT2D eigenvalue weighted by Gasteiger charge is -2.34. The van der Waals surface area contributed by atoms with Crippen LogP contribution in [0, 0.1) is 5.92 Å². The van der Waals surface area contributed by atoms with Gasteiger partial charge >= 0.3 is 0 Å². The van der Waals surface area contributed by atoms with Crippen LogP contribution in [0.25, 0.3) is 11.1 Å². The summed E-state index contributed by atoms with van der Waals surface area (Å²) in [4.78, 5) is 5.06. The lowest BCUT2D eigenvalue weighted by atomic mass is 10.0. The Bertz CT molecular complexity index is 1000. The summed E-state index contributed by atoms with van der Waals surface area (Å²) >= 11 is 6.12. The molecule has 2 aromatic rings. The number of nitrogens with two attached hydrogens (primary N) is 1. The maximum atomic E-state index is 11.7. The van der Waals surface area contributed by atoms with Gasteiger partial charge in [0, 0.05) is 37.7 Å². The lowest BCUT2D eigenvalue weighted by Crippen LogP contribution is -2.46. The van der Waals surface area contributed by atoms with Crippen molar-refractivity contribution in [3.8, 4) is 11.1 Å². The van der Waals surface area contributed by atoms with Crippen LogP contribution in [0.1, 0.15) is 44.1 Å². The Balaban J connectivity index is 1.13. The maximum Gasteiger partial charge on any atom is 0.212 e. The first-order chi connectivity index (χ1) is 15.9. The van der Waals surface area contributed by atoms with Crippen molar-refractivity contribution < 1.29 is 8.42 Å². The van der Waals surface area contributed by atoms with E-state index in [1.807, 2.05) is 18.2 Å². The third-order valence-corrected chi connectivity index (χ3v) is 8.72. The predicted molar refractivity (Wildman–Crippen MR) is 137 cm³/mol. The Kier molecular flexibility index (Phi) is 8.47. The summed E-state index contributed by atoms with van der Waals surface area (Å²) in [6.45, 7) is 6.47. The first-order valence-corrected chi connectivity index (χ1v) is 14.2. The molecule has 1 unspecified atom stereocenters. The molecule has 5 nitrogen and oxygen atoms in total. The zero-order valence-corrected chi connectivity index (χ0v) is 20.9. The summed E-state index contributed by atoms with van der Waals surface area (Å²) in [5, 5.41) is 5.87. The number of primary sulfonamides is 1. The highest BCUT2D eigenvalue weighted by Crippen LogP contribution is 2.37. The monoisotopic (exact) mass is 489 g/mol. The average Bonchev–Trinajstić information content (AvgIpc) is 3.62. The molecule has 7 heteroatoms. The van der Waals surface area contributed by atoms with Gasteiger partial charge in [-0.05, 0) is 67.0 Å². The highest BCUT2D eigenvalue weighted by atomic mass is 35.5. The fourth-order valence-electron chi connectivity index (χ4n) is 4.89. The molecular weight excluding hydrogens is 454 g/mol. The largest absolute Gasteiger partial charge is 0.301 e. The second-order valence-corrected chi connectivity index (χ2v) is 11.9. The van der Waals surface area contributed by atoms with Gasteiger partial charge in [-0.2, -0.15) is 0 Å². The minimum Gasteiger partial charge on any atom is -0.301 e. The number of sulfonamides is 1. The number of rotatable bonds is 11. The quantitative estimate of drug-likeness (QED) is 0.462. The van der Waals surface area contributed by atoms with Crippen molar-refractivity contribution in [2.45, 2.75) is 50.3 Å². The van der Waals surface area contributed by atoms with E-state index in [2.05, 4.69) is 40.1 Å². The molecule has 1 saturated carbocycles. The van der Waals surface area contributed by atoms with E-state index in [1.165, 1.54) is 11.1 Å². The van der Waals surface area contributed by atoms with Crippen LogP contribution < -0.4 is 5.14 Å². The van der Waals surface area contributed by atoms with Crippen molar-refractivity contribution in [2.75, 3.05) is 32.7 Å². The summed E-state index contributed by atoms with van der Waals surface area (Å²) in [5.41, 5.74) is 3.68. The number of piperazine rings is 1.